The highest BCUT2D eigenvalue weighted by Crippen LogP contribution is 2.12. The van der Waals surface area contributed by atoms with Gasteiger partial charge in [-0.2, -0.15) is 5.26 Å². The molecule has 0 aliphatic heterocycles. The fourth-order valence-corrected chi connectivity index (χ4v) is 2.15. The molecule has 1 amide bonds. The summed E-state index contributed by atoms with van der Waals surface area (Å²) in [6, 6.07) is 11.5. The molecule has 0 aliphatic rings. The summed E-state index contributed by atoms with van der Waals surface area (Å²) in [6.45, 7) is 2.16. The number of amides is 1. The molecule has 1 aromatic heterocycles. The lowest BCUT2D eigenvalue weighted by atomic mass is 10.1. The lowest BCUT2D eigenvalue weighted by molar-refractivity contribution is -0.117. The lowest BCUT2D eigenvalue weighted by Crippen LogP contribution is -2.30. The third-order valence-electron chi connectivity index (χ3n) is 3.18. The minimum atomic E-state index is -0.392. The van der Waals surface area contributed by atoms with Crippen molar-refractivity contribution in [2.45, 2.75) is 13.5 Å². The fourth-order valence-electron chi connectivity index (χ4n) is 2.15. The molecule has 23 heavy (non-hydrogen) atoms. The van der Waals surface area contributed by atoms with Gasteiger partial charge in [0.05, 0.1) is 18.2 Å². The number of hydrogen-bond acceptors (Lipinski definition) is 4. The van der Waals surface area contributed by atoms with Gasteiger partial charge >= 0.3 is 0 Å². The zero-order chi connectivity index (χ0) is 16.8. The van der Waals surface area contributed by atoms with E-state index in [-0.39, 0.29) is 19.0 Å². The maximum absolute atomic E-state index is 13.7. The predicted molar refractivity (Wildman–Crippen MR) is 85.1 cm³/mol. The molecular formula is C17H17FN4O. The number of anilines is 1. The topological polar surface area (TPSA) is 69.0 Å². The number of likely N-dealkylation sites (N-methyl/N-ethyl adjacent to an activating group) is 1. The number of carbonyl (C=O) groups excluding carboxylic acids is 1. The van der Waals surface area contributed by atoms with E-state index >= 15 is 0 Å². The lowest BCUT2D eigenvalue weighted by Gasteiger charge is -2.16. The van der Waals surface area contributed by atoms with Gasteiger partial charge in [0, 0.05) is 17.8 Å². The number of pyridine rings is 1. The molecule has 0 atom stereocenters. The van der Waals surface area contributed by atoms with E-state index in [4.69, 9.17) is 5.26 Å². The smallest absolute Gasteiger partial charge is 0.239 e. The summed E-state index contributed by atoms with van der Waals surface area (Å²) in [5, 5.41) is 11.6. The van der Waals surface area contributed by atoms with E-state index in [9.17, 15) is 9.18 Å². The predicted octanol–water partition coefficient (Wildman–Crippen LogP) is 2.47. The zero-order valence-electron chi connectivity index (χ0n) is 13.0. The van der Waals surface area contributed by atoms with Crippen LogP contribution in [0.3, 0.4) is 0 Å². The molecule has 1 N–H and O–H groups in total. The summed E-state index contributed by atoms with van der Waals surface area (Å²) >= 11 is 0. The van der Waals surface area contributed by atoms with Gasteiger partial charge in [0.15, 0.2) is 0 Å². The Kier molecular flexibility index (Phi) is 5.39. The summed E-state index contributed by atoms with van der Waals surface area (Å²) in [4.78, 5) is 17.9. The zero-order valence-corrected chi connectivity index (χ0v) is 13.0. The Hall–Kier alpha value is -2.78. The van der Waals surface area contributed by atoms with E-state index in [0.29, 0.717) is 16.9 Å². The summed E-state index contributed by atoms with van der Waals surface area (Å²) in [5.74, 6) is -0.139. The van der Waals surface area contributed by atoms with Gasteiger partial charge in [-0.3, -0.25) is 9.69 Å². The molecule has 0 radical (unpaired) electrons. The van der Waals surface area contributed by atoms with Crippen molar-refractivity contribution in [1.29, 1.82) is 5.26 Å². The maximum Gasteiger partial charge on any atom is 0.239 e. The van der Waals surface area contributed by atoms with Gasteiger partial charge in [-0.15, -0.1) is 0 Å². The van der Waals surface area contributed by atoms with Crippen LogP contribution in [-0.4, -0.2) is 29.4 Å². The molecule has 0 spiro atoms. The number of nitrogens with zero attached hydrogens (tertiary/aromatic N) is 3. The molecule has 5 nitrogen and oxygen atoms in total. The molecule has 1 aromatic carbocycles. The van der Waals surface area contributed by atoms with Crippen molar-refractivity contribution in [2.24, 2.45) is 0 Å². The van der Waals surface area contributed by atoms with E-state index < -0.39 is 5.82 Å². The summed E-state index contributed by atoms with van der Waals surface area (Å²) < 4.78 is 13.7. The second-order valence-corrected chi connectivity index (χ2v) is 5.30. The number of hydrogen-bond donors (Lipinski definition) is 1. The van der Waals surface area contributed by atoms with Crippen molar-refractivity contribution in [3.05, 3.63) is 59.0 Å². The van der Waals surface area contributed by atoms with Crippen LogP contribution in [0.15, 0.2) is 36.4 Å². The normalized spacial score (nSPS) is 10.4. The Labute approximate surface area is 134 Å². The molecule has 0 saturated carbocycles. The standard InChI is InChI=1S/C17H17FN4O/c1-12-4-3-5-16(20-12)21-17(23)11-22(2)10-14-8-13(9-19)6-7-15(14)18/h3-8H,10-11H2,1-2H3,(H,20,21,23). The fraction of sp³-hybridized carbons (Fsp3) is 0.235. The Bertz CT molecular complexity index is 754. The Balaban J connectivity index is 1.95. The van der Waals surface area contributed by atoms with Gasteiger partial charge in [-0.05, 0) is 44.3 Å². The molecule has 0 saturated heterocycles. The number of halogens is 1. The molecule has 0 aliphatic carbocycles. The average Bonchev–Trinajstić information content (AvgIpc) is 2.49. The third kappa shape index (κ3) is 4.87. The van der Waals surface area contributed by atoms with Crippen LogP contribution < -0.4 is 5.32 Å². The Morgan fingerprint density at radius 2 is 2.17 bits per heavy atom. The number of aromatic nitrogens is 1. The molecule has 1 heterocycles. The molecule has 6 heteroatoms. The van der Waals surface area contributed by atoms with Gasteiger partial charge in [-0.25, -0.2) is 9.37 Å². The first kappa shape index (κ1) is 16.6. The van der Waals surface area contributed by atoms with Crippen LogP contribution in [0.4, 0.5) is 10.2 Å². The van der Waals surface area contributed by atoms with Crippen LogP contribution in [0.5, 0.6) is 0 Å². The number of rotatable bonds is 5. The van der Waals surface area contributed by atoms with E-state index in [1.165, 1.54) is 18.2 Å². The first-order valence-corrected chi connectivity index (χ1v) is 7.08. The SMILES string of the molecule is Cc1cccc(NC(=O)CN(C)Cc2cc(C#N)ccc2F)n1. The number of aryl methyl sites for hydroxylation is 1. The van der Waals surface area contributed by atoms with Crippen molar-refractivity contribution in [3.63, 3.8) is 0 Å². The highest BCUT2D eigenvalue weighted by Gasteiger charge is 2.11. The van der Waals surface area contributed by atoms with Crippen LogP contribution in [-0.2, 0) is 11.3 Å². The molecule has 2 rings (SSSR count). The van der Waals surface area contributed by atoms with Crippen LogP contribution >= 0.6 is 0 Å². The molecule has 2 aromatic rings. The molecule has 0 bridgehead atoms. The largest absolute Gasteiger partial charge is 0.310 e. The molecular weight excluding hydrogens is 295 g/mol. The molecule has 0 unspecified atom stereocenters. The van der Waals surface area contributed by atoms with Gasteiger partial charge in [0.25, 0.3) is 0 Å². The summed E-state index contributed by atoms with van der Waals surface area (Å²) in [6.07, 6.45) is 0. The summed E-state index contributed by atoms with van der Waals surface area (Å²) in [7, 11) is 1.71. The van der Waals surface area contributed by atoms with Crippen molar-refractivity contribution in [3.8, 4) is 6.07 Å². The number of nitriles is 1. The minimum absolute atomic E-state index is 0.0891. The van der Waals surface area contributed by atoms with Crippen molar-refractivity contribution in [1.82, 2.24) is 9.88 Å². The van der Waals surface area contributed by atoms with E-state index in [2.05, 4.69) is 10.3 Å². The van der Waals surface area contributed by atoms with E-state index in [1.54, 1.807) is 18.0 Å². The van der Waals surface area contributed by atoms with Crippen molar-refractivity contribution < 1.29 is 9.18 Å². The van der Waals surface area contributed by atoms with E-state index in [0.717, 1.165) is 5.69 Å². The van der Waals surface area contributed by atoms with Crippen molar-refractivity contribution >= 4 is 11.7 Å². The minimum Gasteiger partial charge on any atom is -0.310 e. The van der Waals surface area contributed by atoms with Gasteiger partial charge in [0.1, 0.15) is 11.6 Å². The van der Waals surface area contributed by atoms with Crippen LogP contribution in [0, 0.1) is 24.1 Å². The monoisotopic (exact) mass is 312 g/mol. The quantitative estimate of drug-likeness (QED) is 0.921. The van der Waals surface area contributed by atoms with E-state index in [1.807, 2.05) is 25.1 Å². The number of benzene rings is 1. The third-order valence-corrected chi connectivity index (χ3v) is 3.18. The van der Waals surface area contributed by atoms with Crippen LogP contribution in [0.25, 0.3) is 0 Å². The van der Waals surface area contributed by atoms with Gasteiger partial charge in [-0.1, -0.05) is 6.07 Å². The first-order valence-electron chi connectivity index (χ1n) is 7.08. The van der Waals surface area contributed by atoms with Crippen LogP contribution in [0.2, 0.25) is 0 Å². The summed E-state index contributed by atoms with van der Waals surface area (Å²) in [5.41, 5.74) is 1.59. The number of nitrogens with one attached hydrogen (secondary N) is 1. The second kappa shape index (κ2) is 7.47. The number of carbonyl (C=O) groups is 1. The second-order valence-electron chi connectivity index (χ2n) is 5.30. The average molecular weight is 312 g/mol. The molecule has 118 valence electrons. The maximum atomic E-state index is 13.7. The van der Waals surface area contributed by atoms with Gasteiger partial charge in [0.2, 0.25) is 5.91 Å². The van der Waals surface area contributed by atoms with Crippen LogP contribution in [0.1, 0.15) is 16.8 Å². The highest BCUT2D eigenvalue weighted by molar-refractivity contribution is 5.91. The van der Waals surface area contributed by atoms with Gasteiger partial charge < -0.3 is 5.32 Å². The van der Waals surface area contributed by atoms with Crippen molar-refractivity contribution in [2.75, 3.05) is 18.9 Å². The Morgan fingerprint density at radius 1 is 1.39 bits per heavy atom. The molecule has 0 fully saturated rings. The highest BCUT2D eigenvalue weighted by atomic mass is 19.1. The Morgan fingerprint density at radius 3 is 2.87 bits per heavy atom. The first-order chi connectivity index (χ1) is 11.0.